The number of ketones is 1. The highest BCUT2D eigenvalue weighted by atomic mass is 16.1. The van der Waals surface area contributed by atoms with Crippen molar-refractivity contribution in [2.24, 2.45) is 22.2 Å². The minimum Gasteiger partial charge on any atom is -0.299 e. The van der Waals surface area contributed by atoms with E-state index in [4.69, 9.17) is 0 Å². The maximum Gasteiger partial charge on any atom is 0.143 e. The first-order valence-corrected chi connectivity index (χ1v) is 8.48. The molecule has 4 aliphatic rings. The Kier molecular flexibility index (Phi) is 2.72. The van der Waals surface area contributed by atoms with Gasteiger partial charge in [-0.1, -0.05) is 44.2 Å². The third kappa shape index (κ3) is 2.17. The summed E-state index contributed by atoms with van der Waals surface area (Å²) in [5.74, 6) is 1.33. The van der Waals surface area contributed by atoms with Crippen LogP contribution in [0.4, 0.5) is 0 Å². The smallest absolute Gasteiger partial charge is 0.143 e. The average molecular weight is 282 g/mol. The van der Waals surface area contributed by atoms with Crippen LogP contribution in [0.15, 0.2) is 30.3 Å². The van der Waals surface area contributed by atoms with Crippen molar-refractivity contribution in [3.05, 3.63) is 35.9 Å². The van der Waals surface area contributed by atoms with Gasteiger partial charge in [-0.2, -0.15) is 0 Å². The molecule has 0 spiro atoms. The molecule has 4 saturated carbocycles. The minimum absolute atomic E-state index is 0.00123. The molecule has 0 radical (unpaired) electrons. The summed E-state index contributed by atoms with van der Waals surface area (Å²) < 4.78 is 0. The van der Waals surface area contributed by atoms with Crippen molar-refractivity contribution in [1.82, 2.24) is 0 Å². The van der Waals surface area contributed by atoms with E-state index in [-0.39, 0.29) is 5.41 Å². The second-order valence-corrected chi connectivity index (χ2v) is 9.00. The zero-order valence-electron chi connectivity index (χ0n) is 13.3. The van der Waals surface area contributed by atoms with Gasteiger partial charge in [0.15, 0.2) is 0 Å². The number of benzene rings is 1. The van der Waals surface area contributed by atoms with Crippen LogP contribution in [0.3, 0.4) is 0 Å². The van der Waals surface area contributed by atoms with Gasteiger partial charge in [-0.05, 0) is 60.8 Å². The van der Waals surface area contributed by atoms with Crippen molar-refractivity contribution in [3.63, 3.8) is 0 Å². The second-order valence-electron chi connectivity index (χ2n) is 9.00. The Labute approximate surface area is 128 Å². The van der Waals surface area contributed by atoms with Crippen molar-refractivity contribution in [3.8, 4) is 0 Å². The van der Waals surface area contributed by atoms with E-state index >= 15 is 0 Å². The van der Waals surface area contributed by atoms with E-state index in [1.807, 2.05) is 18.2 Å². The Hall–Kier alpha value is -1.11. The molecule has 1 nitrogen and oxygen atoms in total. The van der Waals surface area contributed by atoms with E-state index in [2.05, 4.69) is 26.0 Å². The Bertz CT molecular complexity index is 555. The SMILES string of the molecule is CC12CC3CC(C)(C1)CC(C(=O)Cc1ccccc1)(C3)C2. The third-order valence-corrected chi connectivity index (χ3v) is 6.43. The van der Waals surface area contributed by atoms with E-state index in [0.717, 1.165) is 18.8 Å². The summed E-state index contributed by atoms with van der Waals surface area (Å²) in [6, 6.07) is 10.3. The number of rotatable bonds is 3. The van der Waals surface area contributed by atoms with Crippen LogP contribution in [0.2, 0.25) is 0 Å². The molecule has 4 fully saturated rings. The molecular weight excluding hydrogens is 256 g/mol. The first kappa shape index (κ1) is 13.5. The number of Topliss-reactive ketones (excluding diaryl/α,β-unsaturated/α-hetero) is 1. The van der Waals surface area contributed by atoms with E-state index in [9.17, 15) is 4.79 Å². The topological polar surface area (TPSA) is 17.1 Å². The Morgan fingerprint density at radius 3 is 2.19 bits per heavy atom. The van der Waals surface area contributed by atoms with Gasteiger partial charge in [0.2, 0.25) is 0 Å². The van der Waals surface area contributed by atoms with Gasteiger partial charge in [0.25, 0.3) is 0 Å². The monoisotopic (exact) mass is 282 g/mol. The first-order valence-electron chi connectivity index (χ1n) is 8.48. The molecule has 21 heavy (non-hydrogen) atoms. The molecule has 112 valence electrons. The van der Waals surface area contributed by atoms with Crippen LogP contribution in [0.25, 0.3) is 0 Å². The Morgan fingerprint density at radius 1 is 1.00 bits per heavy atom. The molecule has 0 aromatic heterocycles. The quantitative estimate of drug-likeness (QED) is 0.778. The highest BCUT2D eigenvalue weighted by Gasteiger charge is 2.62. The first-order chi connectivity index (χ1) is 9.91. The van der Waals surface area contributed by atoms with Gasteiger partial charge in [0, 0.05) is 11.8 Å². The van der Waals surface area contributed by atoms with Gasteiger partial charge in [0.05, 0.1) is 0 Å². The maximum absolute atomic E-state index is 13.2. The predicted molar refractivity (Wildman–Crippen MR) is 85.0 cm³/mol. The summed E-state index contributed by atoms with van der Waals surface area (Å²) in [5, 5.41) is 0. The second kappa shape index (κ2) is 4.21. The van der Waals surface area contributed by atoms with Crippen molar-refractivity contribution in [2.75, 3.05) is 0 Å². The van der Waals surface area contributed by atoms with Crippen molar-refractivity contribution < 1.29 is 4.79 Å². The van der Waals surface area contributed by atoms with Crippen molar-refractivity contribution in [1.29, 1.82) is 0 Å². The molecular formula is C20H26O. The molecule has 4 bridgehead atoms. The molecule has 1 aromatic carbocycles. The molecule has 2 atom stereocenters. The number of hydrogen-bond donors (Lipinski definition) is 0. The molecule has 0 amide bonds. The lowest BCUT2D eigenvalue weighted by Gasteiger charge is -2.64. The van der Waals surface area contributed by atoms with Crippen LogP contribution in [-0.4, -0.2) is 5.78 Å². The largest absolute Gasteiger partial charge is 0.299 e. The van der Waals surface area contributed by atoms with Crippen LogP contribution < -0.4 is 0 Å². The molecule has 4 aliphatic carbocycles. The van der Waals surface area contributed by atoms with Crippen LogP contribution in [0.1, 0.15) is 57.9 Å². The van der Waals surface area contributed by atoms with E-state index < -0.39 is 0 Å². The van der Waals surface area contributed by atoms with E-state index in [1.165, 1.54) is 31.2 Å². The van der Waals surface area contributed by atoms with Crippen molar-refractivity contribution >= 4 is 5.78 Å². The molecule has 0 saturated heterocycles. The Morgan fingerprint density at radius 2 is 1.62 bits per heavy atom. The summed E-state index contributed by atoms with van der Waals surface area (Å²) in [5.41, 5.74) is 2.05. The zero-order valence-corrected chi connectivity index (χ0v) is 13.3. The highest BCUT2D eigenvalue weighted by molar-refractivity contribution is 5.87. The van der Waals surface area contributed by atoms with Gasteiger partial charge in [-0.25, -0.2) is 0 Å². The van der Waals surface area contributed by atoms with E-state index in [1.54, 1.807) is 0 Å². The van der Waals surface area contributed by atoms with Gasteiger partial charge < -0.3 is 0 Å². The fraction of sp³-hybridized carbons (Fsp3) is 0.650. The van der Waals surface area contributed by atoms with Gasteiger partial charge >= 0.3 is 0 Å². The van der Waals surface area contributed by atoms with Crippen LogP contribution >= 0.6 is 0 Å². The standard InChI is InChI=1S/C20H26O/c1-18-9-16-10-19(2,12-18)14-20(11-16,13-18)17(21)8-15-6-4-3-5-7-15/h3-7,16H,8-14H2,1-2H3. The van der Waals surface area contributed by atoms with Crippen molar-refractivity contribution in [2.45, 2.75) is 58.8 Å². The summed E-state index contributed by atoms with van der Waals surface area (Å²) in [6.07, 6.45) is 8.18. The number of carbonyl (C=O) groups is 1. The van der Waals surface area contributed by atoms with Crippen LogP contribution in [0, 0.1) is 22.2 Å². The summed E-state index contributed by atoms with van der Waals surface area (Å²) >= 11 is 0. The molecule has 0 aliphatic heterocycles. The number of carbonyl (C=O) groups excluding carboxylic acids is 1. The Balaban J connectivity index is 1.63. The molecule has 2 unspecified atom stereocenters. The highest BCUT2D eigenvalue weighted by Crippen LogP contribution is 2.69. The fourth-order valence-corrected chi connectivity index (χ4v) is 6.73. The predicted octanol–water partition coefficient (Wildman–Crippen LogP) is 4.79. The van der Waals surface area contributed by atoms with Gasteiger partial charge in [0.1, 0.15) is 5.78 Å². The lowest BCUT2D eigenvalue weighted by atomic mass is 9.39. The molecule has 0 heterocycles. The molecule has 5 rings (SSSR count). The lowest BCUT2D eigenvalue weighted by molar-refractivity contribution is -0.167. The average Bonchev–Trinajstić information content (AvgIpc) is 2.35. The van der Waals surface area contributed by atoms with E-state index in [0.29, 0.717) is 23.0 Å². The van der Waals surface area contributed by atoms with Crippen LogP contribution in [0.5, 0.6) is 0 Å². The maximum atomic E-state index is 13.2. The normalized spacial score (nSPS) is 44.0. The fourth-order valence-electron chi connectivity index (χ4n) is 6.73. The molecule has 1 aromatic rings. The van der Waals surface area contributed by atoms with Crippen LogP contribution in [-0.2, 0) is 11.2 Å². The summed E-state index contributed by atoms with van der Waals surface area (Å²) in [4.78, 5) is 13.2. The lowest BCUT2D eigenvalue weighted by Crippen LogP contribution is -2.57. The third-order valence-electron chi connectivity index (χ3n) is 6.43. The molecule has 0 N–H and O–H groups in total. The minimum atomic E-state index is -0.00123. The summed E-state index contributed by atoms with van der Waals surface area (Å²) in [6.45, 7) is 4.89. The summed E-state index contributed by atoms with van der Waals surface area (Å²) in [7, 11) is 0. The van der Waals surface area contributed by atoms with Gasteiger partial charge in [-0.15, -0.1) is 0 Å². The zero-order chi connectivity index (χ0) is 14.7. The number of hydrogen-bond acceptors (Lipinski definition) is 1. The van der Waals surface area contributed by atoms with Gasteiger partial charge in [-0.3, -0.25) is 4.79 Å². The molecule has 1 heteroatoms.